The molecule has 2 unspecified atom stereocenters. The molecule has 4 aromatic rings. The van der Waals surface area contributed by atoms with Crippen molar-refractivity contribution in [2.24, 2.45) is 5.92 Å². The fourth-order valence-electron chi connectivity index (χ4n) is 4.92. The highest BCUT2D eigenvalue weighted by Gasteiger charge is 2.28. The molecule has 0 saturated carbocycles. The number of amides is 1. The molecule has 5 rings (SSSR count). The van der Waals surface area contributed by atoms with Gasteiger partial charge in [0.1, 0.15) is 5.52 Å². The molecule has 0 spiro atoms. The molecule has 2 N–H and O–H groups in total. The van der Waals surface area contributed by atoms with Gasteiger partial charge in [-0.25, -0.2) is 9.37 Å². The Hall–Kier alpha value is -3.46. The fraction of sp³-hybridized carbons (Fsp3) is 0.423. The second kappa shape index (κ2) is 8.96. The van der Waals surface area contributed by atoms with Crippen LogP contribution in [-0.2, 0) is 6.54 Å². The second-order valence-electron chi connectivity index (χ2n) is 9.85. The lowest BCUT2D eigenvalue weighted by molar-refractivity contribution is 0.102. The highest BCUT2D eigenvalue weighted by molar-refractivity contribution is 6.13. The van der Waals surface area contributed by atoms with Crippen molar-refractivity contribution in [1.82, 2.24) is 24.5 Å². The zero-order chi connectivity index (χ0) is 24.9. The molecule has 4 heterocycles. The Morgan fingerprint density at radius 3 is 2.80 bits per heavy atom. The standard InChI is InChI=1S/C26H32FN7O/c1-6-34-13-20-23(32-10-16(4)28-22(14-32)15(2)3)8-7-19(24(20)31-34)26(35)30-18-9-21(27)25-29-17(5)11-33(25)12-18/h7-9,11-13,15-16,22,28H,6,10,14H2,1-5H3,(H,30,35). The van der Waals surface area contributed by atoms with E-state index in [2.05, 4.69) is 41.3 Å². The summed E-state index contributed by atoms with van der Waals surface area (Å²) in [6, 6.07) is 5.87. The maximum Gasteiger partial charge on any atom is 0.257 e. The molecule has 1 amide bonds. The SMILES string of the molecule is CCn1cc2c(N3CC(C)NC(C(C)C)C3)ccc(C(=O)Nc3cc(F)c4nc(C)cn4c3)c2n1. The van der Waals surface area contributed by atoms with E-state index in [9.17, 15) is 9.18 Å². The number of halogens is 1. The Balaban J connectivity index is 1.50. The first-order chi connectivity index (χ1) is 16.7. The monoisotopic (exact) mass is 477 g/mol. The van der Waals surface area contributed by atoms with Crippen LogP contribution in [0.3, 0.4) is 0 Å². The molecule has 184 valence electrons. The van der Waals surface area contributed by atoms with Crippen molar-refractivity contribution in [2.75, 3.05) is 23.3 Å². The quantitative estimate of drug-likeness (QED) is 0.450. The van der Waals surface area contributed by atoms with Gasteiger partial charge in [0.25, 0.3) is 5.91 Å². The number of aryl methyl sites for hydroxylation is 2. The minimum Gasteiger partial charge on any atom is -0.368 e. The normalized spacial score (nSPS) is 18.7. The van der Waals surface area contributed by atoms with Gasteiger partial charge in [0.2, 0.25) is 0 Å². The van der Waals surface area contributed by atoms with Crippen molar-refractivity contribution in [3.63, 3.8) is 0 Å². The van der Waals surface area contributed by atoms with Crippen molar-refractivity contribution in [2.45, 2.75) is 53.2 Å². The molecular formula is C26H32FN7O. The lowest BCUT2D eigenvalue weighted by Gasteiger charge is -2.41. The van der Waals surface area contributed by atoms with Gasteiger partial charge >= 0.3 is 0 Å². The summed E-state index contributed by atoms with van der Waals surface area (Å²) in [5.74, 6) is -0.303. The molecule has 1 aliphatic rings. The zero-order valence-electron chi connectivity index (χ0n) is 20.8. The largest absolute Gasteiger partial charge is 0.368 e. The number of nitrogens with zero attached hydrogens (tertiary/aromatic N) is 5. The van der Waals surface area contributed by atoms with E-state index in [1.165, 1.54) is 6.07 Å². The van der Waals surface area contributed by atoms with Crippen LogP contribution in [0.1, 0.15) is 43.7 Å². The predicted octanol–water partition coefficient (Wildman–Crippen LogP) is 4.23. The van der Waals surface area contributed by atoms with E-state index in [-0.39, 0.29) is 11.6 Å². The zero-order valence-corrected chi connectivity index (χ0v) is 20.8. The van der Waals surface area contributed by atoms with Gasteiger partial charge in [0.05, 0.1) is 16.9 Å². The summed E-state index contributed by atoms with van der Waals surface area (Å²) in [6.45, 7) is 13.0. The number of hydrogen-bond donors (Lipinski definition) is 2. The molecule has 0 aliphatic carbocycles. The molecule has 1 saturated heterocycles. The Morgan fingerprint density at radius 2 is 2.06 bits per heavy atom. The van der Waals surface area contributed by atoms with Crippen molar-refractivity contribution in [3.8, 4) is 0 Å². The summed E-state index contributed by atoms with van der Waals surface area (Å²) in [6.07, 6.45) is 5.40. The number of imidazole rings is 1. The molecule has 1 fully saturated rings. The van der Waals surface area contributed by atoms with Gasteiger partial charge in [-0.05, 0) is 38.8 Å². The number of nitrogens with one attached hydrogen (secondary N) is 2. The minimum absolute atomic E-state index is 0.235. The second-order valence-corrected chi connectivity index (χ2v) is 9.85. The number of fused-ring (bicyclic) bond motifs is 2. The molecule has 1 aliphatic heterocycles. The molecular weight excluding hydrogens is 445 g/mol. The van der Waals surface area contributed by atoms with Crippen LogP contribution in [0.2, 0.25) is 0 Å². The van der Waals surface area contributed by atoms with Gasteiger partial charge in [-0.1, -0.05) is 13.8 Å². The molecule has 9 heteroatoms. The molecule has 2 atom stereocenters. The first-order valence-electron chi connectivity index (χ1n) is 12.2. The predicted molar refractivity (Wildman–Crippen MR) is 137 cm³/mol. The fourth-order valence-corrected chi connectivity index (χ4v) is 4.92. The Kier molecular flexibility index (Phi) is 5.96. The summed E-state index contributed by atoms with van der Waals surface area (Å²) in [5.41, 5.74) is 3.49. The topological polar surface area (TPSA) is 79.5 Å². The van der Waals surface area contributed by atoms with Crippen LogP contribution in [0, 0.1) is 18.7 Å². The van der Waals surface area contributed by atoms with Gasteiger partial charge in [-0.15, -0.1) is 0 Å². The molecule has 0 bridgehead atoms. The number of carbonyl (C=O) groups excluding carboxylic acids is 1. The summed E-state index contributed by atoms with van der Waals surface area (Å²) >= 11 is 0. The third-order valence-electron chi connectivity index (χ3n) is 6.71. The van der Waals surface area contributed by atoms with Crippen LogP contribution >= 0.6 is 0 Å². The number of aromatic nitrogens is 4. The van der Waals surface area contributed by atoms with Gasteiger partial charge < -0.3 is 19.9 Å². The molecule has 0 radical (unpaired) electrons. The number of rotatable bonds is 5. The molecule has 1 aromatic carbocycles. The van der Waals surface area contributed by atoms with E-state index in [1.54, 1.807) is 23.7 Å². The smallest absolute Gasteiger partial charge is 0.257 e. The summed E-state index contributed by atoms with van der Waals surface area (Å²) in [5, 5.41) is 12.2. The number of benzene rings is 1. The van der Waals surface area contributed by atoms with Crippen molar-refractivity contribution in [3.05, 3.63) is 53.9 Å². The van der Waals surface area contributed by atoms with Gasteiger partial charge in [0, 0.05) is 67.4 Å². The Labute approximate surface area is 204 Å². The summed E-state index contributed by atoms with van der Waals surface area (Å²) in [7, 11) is 0. The maximum absolute atomic E-state index is 14.5. The lowest BCUT2D eigenvalue weighted by Crippen LogP contribution is -2.57. The van der Waals surface area contributed by atoms with Crippen LogP contribution in [0.15, 0.2) is 36.8 Å². The number of anilines is 2. The van der Waals surface area contributed by atoms with E-state index in [0.29, 0.717) is 47.0 Å². The third kappa shape index (κ3) is 4.36. The highest BCUT2D eigenvalue weighted by atomic mass is 19.1. The van der Waals surface area contributed by atoms with E-state index in [1.807, 2.05) is 29.9 Å². The maximum atomic E-state index is 14.5. The molecule has 35 heavy (non-hydrogen) atoms. The average molecular weight is 478 g/mol. The number of carbonyl (C=O) groups is 1. The van der Waals surface area contributed by atoms with Crippen molar-refractivity contribution >= 4 is 33.8 Å². The first kappa shape index (κ1) is 23.3. The van der Waals surface area contributed by atoms with E-state index in [4.69, 9.17) is 5.10 Å². The van der Waals surface area contributed by atoms with E-state index in [0.717, 1.165) is 24.2 Å². The van der Waals surface area contributed by atoms with Crippen molar-refractivity contribution < 1.29 is 9.18 Å². The van der Waals surface area contributed by atoms with Crippen LogP contribution < -0.4 is 15.5 Å². The number of piperazine rings is 1. The van der Waals surface area contributed by atoms with E-state index >= 15 is 0 Å². The Morgan fingerprint density at radius 1 is 1.26 bits per heavy atom. The lowest BCUT2D eigenvalue weighted by atomic mass is 9.98. The molecule has 8 nitrogen and oxygen atoms in total. The summed E-state index contributed by atoms with van der Waals surface area (Å²) in [4.78, 5) is 19.9. The van der Waals surface area contributed by atoms with Gasteiger partial charge in [-0.2, -0.15) is 5.10 Å². The average Bonchev–Trinajstić information content (AvgIpc) is 3.41. The van der Waals surface area contributed by atoms with Gasteiger partial charge in [-0.3, -0.25) is 9.48 Å². The number of hydrogen-bond acceptors (Lipinski definition) is 5. The van der Waals surface area contributed by atoms with Crippen molar-refractivity contribution in [1.29, 1.82) is 0 Å². The Bertz CT molecular complexity index is 1410. The minimum atomic E-state index is -0.487. The van der Waals surface area contributed by atoms with Crippen LogP contribution in [0.25, 0.3) is 16.6 Å². The first-order valence-corrected chi connectivity index (χ1v) is 12.2. The van der Waals surface area contributed by atoms with Crippen LogP contribution in [0.4, 0.5) is 15.8 Å². The third-order valence-corrected chi connectivity index (χ3v) is 6.71. The van der Waals surface area contributed by atoms with Gasteiger partial charge in [0.15, 0.2) is 11.5 Å². The number of pyridine rings is 1. The molecule has 3 aromatic heterocycles. The van der Waals surface area contributed by atoms with Crippen LogP contribution in [-0.4, -0.2) is 50.2 Å². The van der Waals surface area contributed by atoms with Crippen LogP contribution in [0.5, 0.6) is 0 Å². The summed E-state index contributed by atoms with van der Waals surface area (Å²) < 4.78 is 18.0. The highest BCUT2D eigenvalue weighted by Crippen LogP contribution is 2.31. The van der Waals surface area contributed by atoms with E-state index < -0.39 is 5.82 Å².